The second-order valence-corrected chi connectivity index (χ2v) is 4.65. The lowest BCUT2D eigenvalue weighted by Gasteiger charge is -2.11. The molecule has 0 saturated carbocycles. The van der Waals surface area contributed by atoms with Gasteiger partial charge in [0.25, 0.3) is 0 Å². The molecule has 0 saturated heterocycles. The van der Waals surface area contributed by atoms with E-state index in [0.717, 1.165) is 18.6 Å². The quantitative estimate of drug-likeness (QED) is 0.885. The van der Waals surface area contributed by atoms with Crippen LogP contribution in [0.3, 0.4) is 0 Å². The van der Waals surface area contributed by atoms with Gasteiger partial charge in [0.05, 0.1) is 7.11 Å². The summed E-state index contributed by atoms with van der Waals surface area (Å²) in [6, 6.07) is 4.30. The summed E-state index contributed by atoms with van der Waals surface area (Å²) >= 11 is 0. The maximum atomic E-state index is 10.9. The fourth-order valence-electron chi connectivity index (χ4n) is 2.39. The van der Waals surface area contributed by atoms with Gasteiger partial charge in [0, 0.05) is 13.5 Å². The third-order valence-corrected chi connectivity index (χ3v) is 3.30. The molecule has 0 aliphatic heterocycles. The van der Waals surface area contributed by atoms with E-state index in [4.69, 9.17) is 4.74 Å². The Balaban J connectivity index is 2.13. The molecule has 0 bridgehead atoms. The number of benzene rings is 1. The van der Waals surface area contributed by atoms with Gasteiger partial charge in [0.2, 0.25) is 5.91 Å². The predicted octanol–water partition coefficient (Wildman–Crippen LogP) is 2.47. The predicted molar refractivity (Wildman–Crippen MR) is 72.7 cm³/mol. The molecule has 3 heteroatoms. The number of carbonyl (C=O) groups is 1. The van der Waals surface area contributed by atoms with Crippen molar-refractivity contribution < 1.29 is 9.53 Å². The van der Waals surface area contributed by atoms with E-state index >= 15 is 0 Å². The zero-order chi connectivity index (χ0) is 13.1. The lowest BCUT2D eigenvalue weighted by molar-refractivity contribution is -0.118. The second-order valence-electron chi connectivity index (χ2n) is 4.65. The highest BCUT2D eigenvalue weighted by Crippen LogP contribution is 2.34. The normalized spacial score (nSPS) is 12.9. The van der Waals surface area contributed by atoms with Crippen molar-refractivity contribution >= 4 is 11.5 Å². The molecule has 0 atom stereocenters. The molecule has 96 valence electrons. The molecule has 1 aromatic rings. The third-order valence-electron chi connectivity index (χ3n) is 3.30. The van der Waals surface area contributed by atoms with Crippen LogP contribution in [0.2, 0.25) is 0 Å². The van der Waals surface area contributed by atoms with Crippen LogP contribution in [-0.2, 0) is 11.2 Å². The van der Waals surface area contributed by atoms with Gasteiger partial charge in [-0.15, -0.1) is 0 Å². The average molecular weight is 245 g/mol. The first-order valence-corrected chi connectivity index (χ1v) is 6.23. The molecule has 0 unspecified atom stereocenters. The molecule has 0 fully saturated rings. The van der Waals surface area contributed by atoms with E-state index in [0.29, 0.717) is 6.54 Å². The second kappa shape index (κ2) is 5.25. The van der Waals surface area contributed by atoms with Gasteiger partial charge in [-0.1, -0.05) is 12.1 Å². The SMILES string of the molecule is COc1cc2c(cc1C)CC=C2CCNC(C)=O. The van der Waals surface area contributed by atoms with Crippen LogP contribution in [0.25, 0.3) is 5.57 Å². The summed E-state index contributed by atoms with van der Waals surface area (Å²) in [6.45, 7) is 4.30. The van der Waals surface area contributed by atoms with Crippen molar-refractivity contribution in [3.63, 3.8) is 0 Å². The van der Waals surface area contributed by atoms with E-state index in [1.54, 1.807) is 14.0 Å². The van der Waals surface area contributed by atoms with Gasteiger partial charge in [-0.3, -0.25) is 4.79 Å². The van der Waals surface area contributed by atoms with Crippen molar-refractivity contribution in [2.45, 2.75) is 26.7 Å². The van der Waals surface area contributed by atoms with Gasteiger partial charge in [-0.05, 0) is 48.1 Å². The molecular formula is C15H19NO2. The van der Waals surface area contributed by atoms with E-state index in [1.807, 2.05) is 0 Å². The molecule has 1 aromatic carbocycles. The molecule has 1 aliphatic carbocycles. The molecule has 0 heterocycles. The van der Waals surface area contributed by atoms with Crippen molar-refractivity contribution in [2.24, 2.45) is 0 Å². The van der Waals surface area contributed by atoms with Gasteiger partial charge in [-0.2, -0.15) is 0 Å². The number of allylic oxidation sites excluding steroid dienone is 1. The van der Waals surface area contributed by atoms with Crippen LogP contribution < -0.4 is 10.1 Å². The number of carbonyl (C=O) groups excluding carboxylic acids is 1. The van der Waals surface area contributed by atoms with Crippen LogP contribution >= 0.6 is 0 Å². The van der Waals surface area contributed by atoms with Crippen LogP contribution in [0.4, 0.5) is 0 Å². The van der Waals surface area contributed by atoms with Crippen molar-refractivity contribution in [3.8, 4) is 5.75 Å². The maximum Gasteiger partial charge on any atom is 0.216 e. The first-order valence-electron chi connectivity index (χ1n) is 6.23. The molecular weight excluding hydrogens is 226 g/mol. The molecule has 1 aliphatic rings. The number of amides is 1. The van der Waals surface area contributed by atoms with E-state index in [1.165, 1.54) is 22.3 Å². The molecule has 1 amide bonds. The number of hydrogen-bond donors (Lipinski definition) is 1. The summed E-state index contributed by atoms with van der Waals surface area (Å²) in [7, 11) is 1.70. The lowest BCUT2D eigenvalue weighted by Crippen LogP contribution is -2.20. The summed E-state index contributed by atoms with van der Waals surface area (Å²) < 4.78 is 5.36. The zero-order valence-electron chi connectivity index (χ0n) is 11.2. The first kappa shape index (κ1) is 12.7. The Morgan fingerprint density at radius 3 is 2.89 bits per heavy atom. The van der Waals surface area contributed by atoms with E-state index in [2.05, 4.69) is 30.4 Å². The molecule has 18 heavy (non-hydrogen) atoms. The van der Waals surface area contributed by atoms with Crippen LogP contribution in [0.5, 0.6) is 5.75 Å². The maximum absolute atomic E-state index is 10.9. The van der Waals surface area contributed by atoms with Gasteiger partial charge in [-0.25, -0.2) is 0 Å². The Labute approximate surface area is 108 Å². The Morgan fingerprint density at radius 2 is 2.22 bits per heavy atom. The number of aryl methyl sites for hydroxylation is 1. The fraction of sp³-hybridized carbons (Fsp3) is 0.400. The first-order chi connectivity index (χ1) is 8.61. The fourth-order valence-corrected chi connectivity index (χ4v) is 2.39. The average Bonchev–Trinajstić information content (AvgIpc) is 2.70. The monoisotopic (exact) mass is 245 g/mol. The Morgan fingerprint density at radius 1 is 1.44 bits per heavy atom. The van der Waals surface area contributed by atoms with E-state index < -0.39 is 0 Å². The molecule has 2 rings (SSSR count). The summed E-state index contributed by atoms with van der Waals surface area (Å²) in [6.07, 6.45) is 4.10. The number of fused-ring (bicyclic) bond motifs is 1. The van der Waals surface area contributed by atoms with Gasteiger partial charge in [0.15, 0.2) is 0 Å². The van der Waals surface area contributed by atoms with Gasteiger partial charge < -0.3 is 10.1 Å². The van der Waals surface area contributed by atoms with Crippen LogP contribution in [0, 0.1) is 6.92 Å². The highest BCUT2D eigenvalue weighted by atomic mass is 16.5. The number of rotatable bonds is 4. The van der Waals surface area contributed by atoms with Crippen LogP contribution in [0.1, 0.15) is 30.0 Å². The minimum Gasteiger partial charge on any atom is -0.496 e. The number of methoxy groups -OCH3 is 1. The van der Waals surface area contributed by atoms with E-state index in [9.17, 15) is 4.79 Å². The zero-order valence-corrected chi connectivity index (χ0v) is 11.2. The largest absolute Gasteiger partial charge is 0.496 e. The minimum atomic E-state index is 0.0234. The summed E-state index contributed by atoms with van der Waals surface area (Å²) in [4.78, 5) is 10.9. The van der Waals surface area contributed by atoms with Crippen molar-refractivity contribution in [3.05, 3.63) is 34.9 Å². The van der Waals surface area contributed by atoms with Crippen molar-refractivity contribution in [1.29, 1.82) is 0 Å². The number of ether oxygens (including phenoxy) is 1. The molecule has 3 nitrogen and oxygen atoms in total. The molecule has 0 radical (unpaired) electrons. The van der Waals surface area contributed by atoms with Crippen LogP contribution in [0.15, 0.2) is 18.2 Å². The van der Waals surface area contributed by atoms with Crippen molar-refractivity contribution in [2.75, 3.05) is 13.7 Å². The molecule has 0 aromatic heterocycles. The Hall–Kier alpha value is -1.77. The smallest absolute Gasteiger partial charge is 0.216 e. The van der Waals surface area contributed by atoms with Gasteiger partial charge in [0.1, 0.15) is 5.75 Å². The van der Waals surface area contributed by atoms with E-state index in [-0.39, 0.29) is 5.91 Å². The summed E-state index contributed by atoms with van der Waals surface area (Å²) in [5, 5.41) is 2.83. The Kier molecular flexibility index (Phi) is 3.70. The minimum absolute atomic E-state index is 0.0234. The number of nitrogens with one attached hydrogen (secondary N) is 1. The van der Waals surface area contributed by atoms with Crippen LogP contribution in [-0.4, -0.2) is 19.6 Å². The highest BCUT2D eigenvalue weighted by molar-refractivity contribution is 5.76. The standard InChI is InChI=1S/C15H19NO2/c1-10-8-13-5-4-12(6-7-16-11(2)17)14(13)9-15(10)18-3/h4,8-9H,5-7H2,1-3H3,(H,16,17). The third kappa shape index (κ3) is 2.55. The molecule has 1 N–H and O–H groups in total. The van der Waals surface area contributed by atoms with Gasteiger partial charge >= 0.3 is 0 Å². The Bertz CT molecular complexity index is 503. The van der Waals surface area contributed by atoms with Crippen molar-refractivity contribution in [1.82, 2.24) is 5.32 Å². The summed E-state index contributed by atoms with van der Waals surface area (Å²) in [5.74, 6) is 0.955. The lowest BCUT2D eigenvalue weighted by atomic mass is 10.0. The summed E-state index contributed by atoms with van der Waals surface area (Å²) in [5.41, 5.74) is 5.10. The number of hydrogen-bond acceptors (Lipinski definition) is 2. The highest BCUT2D eigenvalue weighted by Gasteiger charge is 2.16. The molecule has 0 spiro atoms. The topological polar surface area (TPSA) is 38.3 Å².